The van der Waals surface area contributed by atoms with Gasteiger partial charge in [-0.3, -0.25) is 14.4 Å². The molecule has 0 saturated carbocycles. The first-order valence-electron chi connectivity index (χ1n) is 8.80. The van der Waals surface area contributed by atoms with Crippen LogP contribution in [0.2, 0.25) is 0 Å². The van der Waals surface area contributed by atoms with Crippen LogP contribution in [0.25, 0.3) is 0 Å². The summed E-state index contributed by atoms with van der Waals surface area (Å²) in [5.74, 6) is -2.39. The maximum absolute atomic E-state index is 12.2. The second-order valence-corrected chi connectivity index (χ2v) is 7.24. The summed E-state index contributed by atoms with van der Waals surface area (Å²) in [5, 5.41) is 20.9. The molecule has 1 atom stereocenters. The maximum atomic E-state index is 12.2. The van der Waals surface area contributed by atoms with E-state index in [0.717, 1.165) is 17.7 Å². The Labute approximate surface area is 158 Å². The second-order valence-electron chi connectivity index (χ2n) is 7.24. The molecule has 2 rings (SSSR count). The highest BCUT2D eigenvalue weighted by Crippen LogP contribution is 2.41. The minimum absolute atomic E-state index is 0.0940. The predicted molar refractivity (Wildman–Crippen MR) is 99.9 cm³/mol. The topological polar surface area (TPSA) is 101 Å². The van der Waals surface area contributed by atoms with Crippen molar-refractivity contribution in [3.63, 3.8) is 0 Å². The van der Waals surface area contributed by atoms with Crippen LogP contribution in [-0.2, 0) is 9.53 Å². The lowest BCUT2D eigenvalue weighted by Crippen LogP contribution is -2.17. The number of allylic oxidation sites excluding steroid dienone is 3. The quantitative estimate of drug-likeness (QED) is 0.444. The molecule has 6 heteroatoms. The molecule has 0 unspecified atom stereocenters. The second kappa shape index (κ2) is 8.20. The number of phenolic OH excluding ortho intramolecular Hbond substituents is 2. The smallest absolute Gasteiger partial charge is 0.306 e. The van der Waals surface area contributed by atoms with Gasteiger partial charge in [0.2, 0.25) is 0 Å². The molecule has 6 nitrogen and oxygen atoms in total. The van der Waals surface area contributed by atoms with Gasteiger partial charge >= 0.3 is 5.97 Å². The summed E-state index contributed by atoms with van der Waals surface area (Å²) < 4.78 is 5.52. The summed E-state index contributed by atoms with van der Waals surface area (Å²) in [4.78, 5) is 36.3. The molecule has 0 aromatic heterocycles. The van der Waals surface area contributed by atoms with Gasteiger partial charge in [0.15, 0.2) is 11.6 Å². The lowest BCUT2D eigenvalue weighted by atomic mass is 9.89. The third-order valence-electron chi connectivity index (χ3n) is 4.12. The van der Waals surface area contributed by atoms with E-state index in [2.05, 4.69) is 0 Å². The first-order valence-corrected chi connectivity index (χ1v) is 8.80. The number of benzene rings is 1. The first-order chi connectivity index (χ1) is 12.6. The fourth-order valence-corrected chi connectivity index (χ4v) is 2.85. The third-order valence-corrected chi connectivity index (χ3v) is 4.12. The van der Waals surface area contributed by atoms with Crippen molar-refractivity contribution in [2.24, 2.45) is 5.92 Å². The van der Waals surface area contributed by atoms with Crippen LogP contribution in [0, 0.1) is 5.92 Å². The van der Waals surface area contributed by atoms with Crippen molar-refractivity contribution in [1.29, 1.82) is 0 Å². The lowest BCUT2D eigenvalue weighted by molar-refractivity contribution is -0.150. The van der Waals surface area contributed by atoms with Gasteiger partial charge in [0.05, 0.1) is 11.1 Å². The van der Waals surface area contributed by atoms with E-state index in [9.17, 15) is 24.6 Å². The molecule has 0 saturated heterocycles. The number of fused-ring (bicyclic) bond motifs is 1. The van der Waals surface area contributed by atoms with E-state index in [1.54, 1.807) is 0 Å². The van der Waals surface area contributed by atoms with Crippen LogP contribution in [0.15, 0.2) is 29.9 Å². The first kappa shape index (κ1) is 20.4. The summed E-state index contributed by atoms with van der Waals surface area (Å²) in [7, 11) is 0. The molecule has 1 aliphatic carbocycles. The van der Waals surface area contributed by atoms with Crippen molar-refractivity contribution in [1.82, 2.24) is 0 Å². The molecular formula is C21H24O6. The Kier molecular flexibility index (Phi) is 6.20. The van der Waals surface area contributed by atoms with Crippen molar-refractivity contribution in [3.05, 3.63) is 46.6 Å². The van der Waals surface area contributed by atoms with Gasteiger partial charge in [0.25, 0.3) is 0 Å². The molecule has 0 aliphatic heterocycles. The number of phenols is 2. The number of esters is 1. The Morgan fingerprint density at radius 2 is 1.70 bits per heavy atom. The molecule has 0 radical (unpaired) electrons. The summed E-state index contributed by atoms with van der Waals surface area (Å²) in [5.41, 5.74) is 0.575. The summed E-state index contributed by atoms with van der Waals surface area (Å²) in [6, 6.07) is 1.19. The number of ketones is 2. The molecule has 0 bridgehead atoms. The van der Waals surface area contributed by atoms with Crippen molar-refractivity contribution in [2.75, 3.05) is 0 Å². The Bertz CT molecular complexity index is 841. The largest absolute Gasteiger partial charge is 0.507 e. The molecule has 1 aromatic carbocycles. The van der Waals surface area contributed by atoms with Gasteiger partial charge in [-0.15, -0.1) is 0 Å². The van der Waals surface area contributed by atoms with E-state index in [4.69, 9.17) is 4.74 Å². The van der Waals surface area contributed by atoms with Crippen LogP contribution in [0.1, 0.15) is 72.9 Å². The molecule has 27 heavy (non-hydrogen) atoms. The van der Waals surface area contributed by atoms with E-state index in [1.165, 1.54) is 6.07 Å². The van der Waals surface area contributed by atoms with E-state index < -0.39 is 35.1 Å². The van der Waals surface area contributed by atoms with Crippen molar-refractivity contribution in [3.8, 4) is 11.5 Å². The van der Waals surface area contributed by atoms with Crippen LogP contribution in [-0.4, -0.2) is 27.7 Å². The molecule has 0 heterocycles. The van der Waals surface area contributed by atoms with Gasteiger partial charge in [0, 0.05) is 18.4 Å². The third kappa shape index (κ3) is 4.64. The fraction of sp³-hybridized carbons (Fsp3) is 0.381. The zero-order chi connectivity index (χ0) is 20.3. The van der Waals surface area contributed by atoms with Crippen molar-refractivity contribution >= 4 is 17.5 Å². The number of ether oxygens (including phenoxy) is 1. The lowest BCUT2D eigenvalue weighted by Gasteiger charge is -2.22. The molecule has 2 N–H and O–H groups in total. The monoisotopic (exact) mass is 372 g/mol. The highest BCUT2D eigenvalue weighted by atomic mass is 16.5. The average Bonchev–Trinajstić information content (AvgIpc) is 2.56. The number of carbonyl (C=O) groups is 3. The summed E-state index contributed by atoms with van der Waals surface area (Å²) >= 11 is 0. The number of aromatic hydroxyl groups is 2. The summed E-state index contributed by atoms with van der Waals surface area (Å²) in [6.07, 6.45) is 3.49. The number of hydrogen-bond acceptors (Lipinski definition) is 6. The van der Waals surface area contributed by atoms with Crippen LogP contribution in [0.5, 0.6) is 11.5 Å². The zero-order valence-electron chi connectivity index (χ0n) is 15.9. The van der Waals surface area contributed by atoms with Crippen molar-refractivity contribution in [2.45, 2.75) is 46.6 Å². The van der Waals surface area contributed by atoms with Gasteiger partial charge in [-0.05, 0) is 38.0 Å². The molecule has 0 amide bonds. The Hall–Kier alpha value is -2.89. The van der Waals surface area contributed by atoms with Gasteiger partial charge in [-0.1, -0.05) is 25.5 Å². The highest BCUT2D eigenvalue weighted by Gasteiger charge is 2.31. The minimum Gasteiger partial charge on any atom is -0.507 e. The average molecular weight is 372 g/mol. The highest BCUT2D eigenvalue weighted by molar-refractivity contribution is 6.24. The zero-order valence-corrected chi connectivity index (χ0v) is 15.9. The van der Waals surface area contributed by atoms with E-state index in [1.807, 2.05) is 33.8 Å². The van der Waals surface area contributed by atoms with Gasteiger partial charge < -0.3 is 14.9 Å². The van der Waals surface area contributed by atoms with Crippen molar-refractivity contribution < 1.29 is 29.3 Å². The summed E-state index contributed by atoms with van der Waals surface area (Å²) in [6.45, 7) is 7.52. The van der Waals surface area contributed by atoms with E-state index in [-0.39, 0.29) is 35.4 Å². The van der Waals surface area contributed by atoms with Crippen LogP contribution in [0.3, 0.4) is 0 Å². The number of rotatable bonds is 6. The van der Waals surface area contributed by atoms with Gasteiger partial charge in [-0.2, -0.15) is 0 Å². The Morgan fingerprint density at radius 1 is 1.11 bits per heavy atom. The van der Waals surface area contributed by atoms with E-state index >= 15 is 0 Å². The molecule has 144 valence electrons. The SMILES string of the molecule is CC(C)=CC[C@H](OC(=O)CC(C)C)c1cc(O)c2c(c1O)C(=O)C=CC2=O. The molecule has 0 fully saturated rings. The maximum Gasteiger partial charge on any atom is 0.306 e. The molecular weight excluding hydrogens is 348 g/mol. The predicted octanol–water partition coefficient (Wildman–Crippen LogP) is 4.02. The van der Waals surface area contributed by atoms with E-state index in [0.29, 0.717) is 0 Å². The molecule has 0 spiro atoms. The minimum atomic E-state index is -0.892. The van der Waals surface area contributed by atoms with Gasteiger partial charge in [-0.25, -0.2) is 0 Å². The number of carbonyl (C=O) groups excluding carboxylic acids is 3. The van der Waals surface area contributed by atoms with Crippen LogP contribution < -0.4 is 0 Å². The Morgan fingerprint density at radius 3 is 2.26 bits per heavy atom. The molecule has 1 aromatic rings. The normalized spacial score (nSPS) is 14.1. The fourth-order valence-electron chi connectivity index (χ4n) is 2.85. The van der Waals surface area contributed by atoms with Gasteiger partial charge in [0.1, 0.15) is 17.6 Å². The van der Waals surface area contributed by atoms with Crippen LogP contribution in [0.4, 0.5) is 0 Å². The number of hydrogen-bond donors (Lipinski definition) is 2. The van der Waals surface area contributed by atoms with Crippen LogP contribution >= 0.6 is 0 Å². The molecule has 1 aliphatic rings. The Balaban J connectivity index is 2.52. The standard InChI is InChI=1S/C21H24O6/c1-11(2)5-8-17(27-18(25)9-12(3)4)13-10-16(24)19-14(22)6-7-15(23)20(19)21(13)26/h5-7,10,12,17,24,26H,8-9H2,1-4H3/t17-/m0/s1.